The zero-order chi connectivity index (χ0) is 16.8. The van der Waals surface area contributed by atoms with E-state index in [1.165, 1.54) is 6.07 Å². The number of benzene rings is 2. The molecule has 0 radical (unpaired) electrons. The summed E-state index contributed by atoms with van der Waals surface area (Å²) in [6.07, 6.45) is 0.178. The van der Waals surface area contributed by atoms with Gasteiger partial charge in [0.15, 0.2) is 0 Å². The first kappa shape index (κ1) is 17.2. The van der Waals surface area contributed by atoms with Crippen molar-refractivity contribution in [3.05, 3.63) is 70.5 Å². The highest BCUT2D eigenvalue weighted by Crippen LogP contribution is 2.10. The van der Waals surface area contributed by atoms with Crippen LogP contribution in [0.5, 0.6) is 0 Å². The van der Waals surface area contributed by atoms with Crippen molar-refractivity contribution in [3.63, 3.8) is 0 Å². The summed E-state index contributed by atoms with van der Waals surface area (Å²) in [6, 6.07) is 12.2. The summed E-state index contributed by atoms with van der Waals surface area (Å²) < 4.78 is 18.7. The number of aryl methyl sites for hydroxylation is 1. The van der Waals surface area contributed by atoms with Crippen molar-refractivity contribution in [2.75, 3.05) is 0 Å². The second-order valence-corrected chi connectivity index (χ2v) is 5.82. The van der Waals surface area contributed by atoms with Crippen LogP contribution in [0.2, 0.25) is 0 Å². The molecule has 0 aliphatic rings. The molecule has 1 N–H and O–H groups in total. The van der Waals surface area contributed by atoms with Gasteiger partial charge in [-0.05, 0) is 55.7 Å². The number of carbonyl (C=O) groups excluding carboxylic acids is 1. The SMILES string of the molecule is Cc1cc(CNC(=O)c2ccc(COC(C)C)cc2)ccc1F. The molecule has 0 aliphatic heterocycles. The van der Waals surface area contributed by atoms with Crippen LogP contribution >= 0.6 is 0 Å². The van der Waals surface area contributed by atoms with Crippen LogP contribution in [0.25, 0.3) is 0 Å². The first-order chi connectivity index (χ1) is 11.0. The van der Waals surface area contributed by atoms with Crippen LogP contribution in [0.15, 0.2) is 42.5 Å². The molecule has 0 unspecified atom stereocenters. The largest absolute Gasteiger partial charge is 0.374 e. The fourth-order valence-corrected chi connectivity index (χ4v) is 2.12. The Bertz CT molecular complexity index is 666. The summed E-state index contributed by atoms with van der Waals surface area (Å²) >= 11 is 0. The maximum Gasteiger partial charge on any atom is 0.251 e. The lowest BCUT2D eigenvalue weighted by Crippen LogP contribution is -2.22. The molecule has 0 fully saturated rings. The third kappa shape index (κ3) is 5.18. The second kappa shape index (κ2) is 7.88. The van der Waals surface area contributed by atoms with E-state index in [9.17, 15) is 9.18 Å². The van der Waals surface area contributed by atoms with Crippen molar-refractivity contribution in [2.24, 2.45) is 0 Å². The van der Waals surface area contributed by atoms with E-state index in [1.807, 2.05) is 26.0 Å². The van der Waals surface area contributed by atoms with Gasteiger partial charge in [-0.25, -0.2) is 4.39 Å². The Morgan fingerprint density at radius 1 is 1.13 bits per heavy atom. The molecule has 3 nitrogen and oxygen atoms in total. The number of hydrogen-bond donors (Lipinski definition) is 1. The van der Waals surface area contributed by atoms with Crippen molar-refractivity contribution in [1.82, 2.24) is 5.32 Å². The molecule has 2 aromatic rings. The average molecular weight is 315 g/mol. The van der Waals surface area contributed by atoms with Crippen LogP contribution in [-0.4, -0.2) is 12.0 Å². The fourth-order valence-electron chi connectivity index (χ4n) is 2.12. The Morgan fingerprint density at radius 2 is 1.78 bits per heavy atom. The van der Waals surface area contributed by atoms with E-state index in [0.717, 1.165) is 11.1 Å². The number of ether oxygens (including phenoxy) is 1. The Morgan fingerprint density at radius 3 is 2.39 bits per heavy atom. The minimum absolute atomic E-state index is 0.150. The summed E-state index contributed by atoms with van der Waals surface area (Å²) in [6.45, 7) is 6.59. The molecule has 1 amide bonds. The highest BCUT2D eigenvalue weighted by molar-refractivity contribution is 5.94. The van der Waals surface area contributed by atoms with Gasteiger partial charge in [0.05, 0.1) is 12.7 Å². The molecule has 0 aromatic heterocycles. The predicted octanol–water partition coefficient (Wildman–Crippen LogP) is 3.99. The molecule has 2 aromatic carbocycles. The fraction of sp³-hybridized carbons (Fsp3) is 0.316. The highest BCUT2D eigenvalue weighted by atomic mass is 19.1. The maximum absolute atomic E-state index is 13.2. The normalized spacial score (nSPS) is 10.8. The summed E-state index contributed by atoms with van der Waals surface area (Å²) in [5.74, 6) is -0.386. The Hall–Kier alpha value is -2.20. The van der Waals surface area contributed by atoms with Gasteiger partial charge < -0.3 is 10.1 Å². The van der Waals surface area contributed by atoms with Crippen LogP contribution in [-0.2, 0) is 17.9 Å². The number of nitrogens with one attached hydrogen (secondary N) is 1. The Kier molecular flexibility index (Phi) is 5.88. The lowest BCUT2D eigenvalue weighted by atomic mass is 10.1. The van der Waals surface area contributed by atoms with Gasteiger partial charge in [0, 0.05) is 12.1 Å². The minimum atomic E-state index is -0.237. The summed E-state index contributed by atoms with van der Waals surface area (Å²) in [7, 11) is 0. The summed E-state index contributed by atoms with van der Waals surface area (Å²) in [5, 5.41) is 2.84. The van der Waals surface area contributed by atoms with Crippen molar-refractivity contribution < 1.29 is 13.9 Å². The molecule has 0 saturated heterocycles. The van der Waals surface area contributed by atoms with Gasteiger partial charge in [-0.15, -0.1) is 0 Å². The standard InChI is InChI=1S/C19H22FNO2/c1-13(2)23-12-15-4-7-17(8-5-15)19(22)21-11-16-6-9-18(20)14(3)10-16/h4-10,13H,11-12H2,1-3H3,(H,21,22). The van der Waals surface area contributed by atoms with E-state index >= 15 is 0 Å². The van der Waals surface area contributed by atoms with Gasteiger partial charge in [-0.1, -0.05) is 24.3 Å². The van der Waals surface area contributed by atoms with Crippen LogP contribution < -0.4 is 5.32 Å². The lowest BCUT2D eigenvalue weighted by molar-refractivity contribution is 0.0657. The van der Waals surface area contributed by atoms with E-state index < -0.39 is 0 Å². The van der Waals surface area contributed by atoms with Crippen LogP contribution in [0.4, 0.5) is 4.39 Å². The average Bonchev–Trinajstić information content (AvgIpc) is 2.54. The Labute approximate surface area is 136 Å². The maximum atomic E-state index is 13.2. The van der Waals surface area contributed by atoms with E-state index in [0.29, 0.717) is 24.3 Å². The van der Waals surface area contributed by atoms with Gasteiger partial charge in [-0.2, -0.15) is 0 Å². The predicted molar refractivity (Wildman–Crippen MR) is 88.7 cm³/mol. The molecule has 0 saturated carbocycles. The molecule has 0 bridgehead atoms. The van der Waals surface area contributed by atoms with Crippen molar-refractivity contribution in [3.8, 4) is 0 Å². The molecule has 0 atom stereocenters. The molecule has 4 heteroatoms. The molecular formula is C19H22FNO2. The first-order valence-corrected chi connectivity index (χ1v) is 7.69. The third-order valence-corrected chi connectivity index (χ3v) is 3.47. The zero-order valence-corrected chi connectivity index (χ0v) is 13.7. The molecule has 122 valence electrons. The van der Waals surface area contributed by atoms with Gasteiger partial charge in [0.1, 0.15) is 5.82 Å². The summed E-state index contributed by atoms with van der Waals surface area (Å²) in [4.78, 5) is 12.1. The number of amides is 1. The number of rotatable bonds is 6. The third-order valence-electron chi connectivity index (χ3n) is 3.47. The summed E-state index contributed by atoms with van der Waals surface area (Å²) in [5.41, 5.74) is 3.08. The zero-order valence-electron chi connectivity index (χ0n) is 13.7. The molecule has 2 rings (SSSR count). The van der Waals surface area contributed by atoms with Gasteiger partial charge in [-0.3, -0.25) is 4.79 Å². The van der Waals surface area contributed by atoms with E-state index in [1.54, 1.807) is 31.2 Å². The topological polar surface area (TPSA) is 38.3 Å². The van der Waals surface area contributed by atoms with Crippen LogP contribution in [0.1, 0.15) is 40.9 Å². The quantitative estimate of drug-likeness (QED) is 0.875. The van der Waals surface area contributed by atoms with E-state index in [-0.39, 0.29) is 17.8 Å². The molecule has 0 heterocycles. The monoisotopic (exact) mass is 315 g/mol. The van der Waals surface area contributed by atoms with Gasteiger partial charge in [0.25, 0.3) is 5.91 Å². The van der Waals surface area contributed by atoms with E-state index in [4.69, 9.17) is 4.74 Å². The number of hydrogen-bond acceptors (Lipinski definition) is 2. The van der Waals surface area contributed by atoms with Gasteiger partial charge in [0.2, 0.25) is 0 Å². The first-order valence-electron chi connectivity index (χ1n) is 7.69. The van der Waals surface area contributed by atoms with E-state index in [2.05, 4.69) is 5.32 Å². The van der Waals surface area contributed by atoms with Crippen molar-refractivity contribution >= 4 is 5.91 Å². The second-order valence-electron chi connectivity index (χ2n) is 5.82. The number of carbonyl (C=O) groups is 1. The minimum Gasteiger partial charge on any atom is -0.374 e. The molecular weight excluding hydrogens is 293 g/mol. The smallest absolute Gasteiger partial charge is 0.251 e. The van der Waals surface area contributed by atoms with Crippen LogP contribution in [0, 0.1) is 12.7 Å². The molecule has 0 spiro atoms. The highest BCUT2D eigenvalue weighted by Gasteiger charge is 2.06. The molecule has 23 heavy (non-hydrogen) atoms. The van der Waals surface area contributed by atoms with Crippen molar-refractivity contribution in [1.29, 1.82) is 0 Å². The van der Waals surface area contributed by atoms with Crippen LogP contribution in [0.3, 0.4) is 0 Å². The number of halogens is 1. The molecule has 0 aliphatic carbocycles. The Balaban J connectivity index is 1.91. The lowest BCUT2D eigenvalue weighted by Gasteiger charge is -2.09. The van der Waals surface area contributed by atoms with Crippen molar-refractivity contribution in [2.45, 2.75) is 40.0 Å². The van der Waals surface area contributed by atoms with Gasteiger partial charge >= 0.3 is 0 Å².